The van der Waals surface area contributed by atoms with E-state index in [1.807, 2.05) is 0 Å². The highest BCUT2D eigenvalue weighted by Gasteiger charge is 2.34. The van der Waals surface area contributed by atoms with Crippen molar-refractivity contribution in [1.82, 2.24) is 10.1 Å². The molecule has 3 rings (SSSR count). The van der Waals surface area contributed by atoms with Crippen LogP contribution < -0.4 is 5.73 Å². The highest BCUT2D eigenvalue weighted by Crippen LogP contribution is 2.33. The summed E-state index contributed by atoms with van der Waals surface area (Å²) in [6.07, 6.45) is 8.75. The van der Waals surface area contributed by atoms with Crippen molar-refractivity contribution in [3.8, 4) is 0 Å². The molecule has 1 saturated carbocycles. The van der Waals surface area contributed by atoms with Crippen molar-refractivity contribution in [2.45, 2.75) is 62.8 Å². The molecule has 1 aromatic rings. The molecule has 2 aliphatic rings. The average molecular weight is 265 g/mol. The fraction of sp³-hybridized carbons (Fsp3) is 0.857. The summed E-state index contributed by atoms with van der Waals surface area (Å²) >= 11 is 0. The average Bonchev–Trinajstić information content (AvgIpc) is 2.85. The first-order chi connectivity index (χ1) is 9.28. The SMILES string of the molecule is NC1(c2noc(C3CCOCC3)n2)CCCCCC1. The summed E-state index contributed by atoms with van der Waals surface area (Å²) in [7, 11) is 0. The van der Waals surface area contributed by atoms with Gasteiger partial charge < -0.3 is 15.0 Å². The van der Waals surface area contributed by atoms with Crippen LogP contribution in [0.2, 0.25) is 0 Å². The van der Waals surface area contributed by atoms with E-state index in [0.717, 1.165) is 63.5 Å². The lowest BCUT2D eigenvalue weighted by Crippen LogP contribution is -2.37. The van der Waals surface area contributed by atoms with Gasteiger partial charge in [0.1, 0.15) is 0 Å². The van der Waals surface area contributed by atoms with Gasteiger partial charge in [0.05, 0.1) is 5.54 Å². The topological polar surface area (TPSA) is 74.2 Å². The molecule has 0 unspecified atom stereocenters. The van der Waals surface area contributed by atoms with Crippen LogP contribution in [-0.2, 0) is 10.3 Å². The minimum absolute atomic E-state index is 0.351. The number of nitrogens with two attached hydrogens (primary N) is 1. The Kier molecular flexibility index (Phi) is 3.84. The van der Waals surface area contributed by atoms with E-state index >= 15 is 0 Å². The lowest BCUT2D eigenvalue weighted by Gasteiger charge is -2.23. The van der Waals surface area contributed by atoms with Crippen LogP contribution in [0.15, 0.2) is 4.52 Å². The lowest BCUT2D eigenvalue weighted by molar-refractivity contribution is 0.0778. The minimum Gasteiger partial charge on any atom is -0.381 e. The zero-order valence-corrected chi connectivity index (χ0v) is 11.4. The highest BCUT2D eigenvalue weighted by molar-refractivity contribution is 5.06. The summed E-state index contributed by atoms with van der Waals surface area (Å²) in [4.78, 5) is 4.61. The molecule has 1 aliphatic heterocycles. The van der Waals surface area contributed by atoms with Gasteiger partial charge in [-0.05, 0) is 25.7 Å². The summed E-state index contributed by atoms with van der Waals surface area (Å²) < 4.78 is 10.8. The molecule has 5 nitrogen and oxygen atoms in total. The molecule has 0 atom stereocenters. The van der Waals surface area contributed by atoms with Crippen LogP contribution in [0, 0.1) is 0 Å². The Hall–Kier alpha value is -0.940. The van der Waals surface area contributed by atoms with Gasteiger partial charge >= 0.3 is 0 Å². The fourth-order valence-electron chi connectivity index (χ4n) is 3.13. The second-order valence-corrected chi connectivity index (χ2v) is 5.91. The van der Waals surface area contributed by atoms with Crippen LogP contribution in [0.25, 0.3) is 0 Å². The van der Waals surface area contributed by atoms with Crippen LogP contribution >= 0.6 is 0 Å². The Morgan fingerprint density at radius 3 is 2.42 bits per heavy atom. The number of aromatic nitrogens is 2. The van der Waals surface area contributed by atoms with Gasteiger partial charge in [-0.2, -0.15) is 4.98 Å². The Labute approximate surface area is 113 Å². The Balaban J connectivity index is 1.75. The van der Waals surface area contributed by atoms with E-state index < -0.39 is 0 Å². The van der Waals surface area contributed by atoms with E-state index in [1.165, 1.54) is 12.8 Å². The molecule has 2 N–H and O–H groups in total. The molecule has 19 heavy (non-hydrogen) atoms. The first kappa shape index (κ1) is 13.1. The second-order valence-electron chi connectivity index (χ2n) is 5.91. The molecule has 2 fully saturated rings. The highest BCUT2D eigenvalue weighted by atomic mass is 16.5. The van der Waals surface area contributed by atoms with Crippen molar-refractivity contribution in [2.24, 2.45) is 5.73 Å². The summed E-state index contributed by atoms with van der Waals surface area (Å²) in [5.41, 5.74) is 6.14. The summed E-state index contributed by atoms with van der Waals surface area (Å²) in [5, 5.41) is 4.18. The van der Waals surface area contributed by atoms with Crippen LogP contribution in [0.1, 0.15) is 69.0 Å². The van der Waals surface area contributed by atoms with Crippen LogP contribution in [0.5, 0.6) is 0 Å². The number of hydrogen-bond acceptors (Lipinski definition) is 5. The van der Waals surface area contributed by atoms with Crippen molar-refractivity contribution in [3.05, 3.63) is 11.7 Å². The largest absolute Gasteiger partial charge is 0.381 e. The molecule has 2 heterocycles. The molecule has 0 aromatic carbocycles. The van der Waals surface area contributed by atoms with Gasteiger partial charge in [0.15, 0.2) is 5.82 Å². The third-order valence-electron chi connectivity index (χ3n) is 4.45. The van der Waals surface area contributed by atoms with Gasteiger partial charge in [0.25, 0.3) is 0 Å². The van der Waals surface area contributed by atoms with Crippen LogP contribution in [-0.4, -0.2) is 23.4 Å². The summed E-state index contributed by atoms with van der Waals surface area (Å²) in [5.74, 6) is 1.83. The van der Waals surface area contributed by atoms with Gasteiger partial charge in [-0.15, -0.1) is 0 Å². The molecule has 0 spiro atoms. The van der Waals surface area contributed by atoms with Crippen molar-refractivity contribution in [1.29, 1.82) is 0 Å². The van der Waals surface area contributed by atoms with E-state index in [1.54, 1.807) is 0 Å². The molecule has 106 valence electrons. The Bertz CT molecular complexity index is 405. The number of ether oxygens (including phenoxy) is 1. The van der Waals surface area contributed by atoms with E-state index in [2.05, 4.69) is 10.1 Å². The van der Waals surface area contributed by atoms with Gasteiger partial charge in [-0.25, -0.2) is 0 Å². The molecule has 1 aromatic heterocycles. The maximum atomic E-state index is 6.51. The van der Waals surface area contributed by atoms with E-state index in [9.17, 15) is 0 Å². The first-order valence-corrected chi connectivity index (χ1v) is 7.49. The molecule has 0 amide bonds. The van der Waals surface area contributed by atoms with E-state index in [0.29, 0.717) is 5.92 Å². The smallest absolute Gasteiger partial charge is 0.230 e. The molecule has 1 saturated heterocycles. The molecule has 5 heteroatoms. The zero-order chi connectivity index (χ0) is 13.1. The van der Waals surface area contributed by atoms with Gasteiger partial charge in [0.2, 0.25) is 5.89 Å². The number of rotatable bonds is 2. The lowest BCUT2D eigenvalue weighted by atomic mass is 9.90. The fourth-order valence-corrected chi connectivity index (χ4v) is 3.13. The maximum Gasteiger partial charge on any atom is 0.230 e. The predicted molar refractivity (Wildman–Crippen MR) is 70.7 cm³/mol. The summed E-state index contributed by atoms with van der Waals surface area (Å²) in [6, 6.07) is 0. The first-order valence-electron chi connectivity index (χ1n) is 7.49. The predicted octanol–water partition coefficient (Wildman–Crippen LogP) is 2.47. The Morgan fingerprint density at radius 2 is 1.74 bits per heavy atom. The van der Waals surface area contributed by atoms with Crippen LogP contribution in [0.4, 0.5) is 0 Å². The normalized spacial score (nSPS) is 25.1. The van der Waals surface area contributed by atoms with Gasteiger partial charge in [-0.3, -0.25) is 0 Å². The van der Waals surface area contributed by atoms with Crippen molar-refractivity contribution in [3.63, 3.8) is 0 Å². The third-order valence-corrected chi connectivity index (χ3v) is 4.45. The second kappa shape index (κ2) is 5.59. The molecule has 0 bridgehead atoms. The zero-order valence-electron chi connectivity index (χ0n) is 11.4. The summed E-state index contributed by atoms with van der Waals surface area (Å²) in [6.45, 7) is 1.58. The number of nitrogens with zero attached hydrogens (tertiary/aromatic N) is 2. The van der Waals surface area contributed by atoms with Crippen LogP contribution in [0.3, 0.4) is 0 Å². The maximum absolute atomic E-state index is 6.51. The molecule has 0 radical (unpaired) electrons. The van der Waals surface area contributed by atoms with Crippen molar-refractivity contribution >= 4 is 0 Å². The van der Waals surface area contributed by atoms with Crippen molar-refractivity contribution in [2.75, 3.05) is 13.2 Å². The number of hydrogen-bond donors (Lipinski definition) is 1. The molecule has 1 aliphatic carbocycles. The van der Waals surface area contributed by atoms with E-state index in [-0.39, 0.29) is 5.54 Å². The standard InChI is InChI=1S/C14H23N3O2/c15-14(7-3-1-2-4-8-14)13-16-12(19-17-13)11-5-9-18-10-6-11/h11H,1-10,15H2. The molecular weight excluding hydrogens is 242 g/mol. The quantitative estimate of drug-likeness (QED) is 0.831. The molecular formula is C14H23N3O2. The third kappa shape index (κ3) is 2.82. The van der Waals surface area contributed by atoms with Gasteiger partial charge in [-0.1, -0.05) is 30.8 Å². The van der Waals surface area contributed by atoms with Crippen molar-refractivity contribution < 1.29 is 9.26 Å². The minimum atomic E-state index is -0.372. The monoisotopic (exact) mass is 265 g/mol. The van der Waals surface area contributed by atoms with Gasteiger partial charge in [0, 0.05) is 19.1 Å². The van der Waals surface area contributed by atoms with E-state index in [4.69, 9.17) is 15.0 Å². The Morgan fingerprint density at radius 1 is 1.05 bits per heavy atom.